The fourth-order valence-electron chi connectivity index (χ4n) is 3.19. The molecule has 0 saturated carbocycles. The molecule has 0 fully saturated rings. The van der Waals surface area contributed by atoms with Crippen molar-refractivity contribution in [2.45, 2.75) is 0 Å². The highest BCUT2D eigenvalue weighted by Gasteiger charge is 2.14. The van der Waals surface area contributed by atoms with Crippen LogP contribution in [0.2, 0.25) is 0 Å². The third-order valence-electron chi connectivity index (χ3n) is 4.85. The second kappa shape index (κ2) is 9.86. The van der Waals surface area contributed by atoms with Crippen molar-refractivity contribution in [3.8, 4) is 34.5 Å². The smallest absolute Gasteiger partial charge is 0.251 e. The van der Waals surface area contributed by atoms with Crippen molar-refractivity contribution in [1.82, 2.24) is 25.1 Å². The Kier molecular flexibility index (Phi) is 6.53. The van der Waals surface area contributed by atoms with Crippen LogP contribution >= 0.6 is 0 Å². The van der Waals surface area contributed by atoms with E-state index in [9.17, 15) is 4.79 Å². The maximum atomic E-state index is 12.3. The fraction of sp³-hybridized carbons (Fsp3) is 0.217. The van der Waals surface area contributed by atoms with Gasteiger partial charge in [0.15, 0.2) is 23.0 Å². The monoisotopic (exact) mass is 449 g/mol. The number of amides is 1. The summed E-state index contributed by atoms with van der Waals surface area (Å²) < 4.78 is 23.1. The molecular formula is C23H23N5O5. The first-order chi connectivity index (χ1) is 16.1. The van der Waals surface area contributed by atoms with Crippen molar-refractivity contribution >= 4 is 11.6 Å². The molecule has 0 saturated heterocycles. The Labute approximate surface area is 190 Å². The third-order valence-corrected chi connectivity index (χ3v) is 4.85. The Morgan fingerprint density at radius 1 is 0.939 bits per heavy atom. The van der Waals surface area contributed by atoms with Gasteiger partial charge in [0.2, 0.25) is 5.88 Å². The SMILES string of the molecule is COc1cccc(C(=O)NCCOc2ccc3nnc(-c4ccc(OC)c(OC)c4)n3n2)c1. The maximum absolute atomic E-state index is 12.3. The Balaban J connectivity index is 1.43. The molecule has 2 aromatic carbocycles. The standard InChI is InChI=1S/C23H23N5O5/c1-30-17-6-4-5-16(13-17)23(29)24-11-12-33-21-10-9-20-25-26-22(28(20)27-21)15-7-8-18(31-2)19(14-15)32-3/h4-10,13-14H,11-12H2,1-3H3,(H,24,29). The van der Waals surface area contributed by atoms with Gasteiger partial charge in [-0.3, -0.25) is 4.79 Å². The number of hydrogen-bond acceptors (Lipinski definition) is 8. The van der Waals surface area contributed by atoms with E-state index in [0.29, 0.717) is 46.7 Å². The van der Waals surface area contributed by atoms with Crippen LogP contribution in [0.5, 0.6) is 23.1 Å². The summed E-state index contributed by atoms with van der Waals surface area (Å²) in [5.74, 6) is 2.50. The van der Waals surface area contributed by atoms with Crippen LogP contribution in [0.15, 0.2) is 54.6 Å². The summed E-state index contributed by atoms with van der Waals surface area (Å²) in [6.07, 6.45) is 0. The fourth-order valence-corrected chi connectivity index (χ4v) is 3.19. The van der Waals surface area contributed by atoms with Crippen LogP contribution in [0.3, 0.4) is 0 Å². The molecule has 0 spiro atoms. The highest BCUT2D eigenvalue weighted by Crippen LogP contribution is 2.31. The van der Waals surface area contributed by atoms with Gasteiger partial charge in [-0.05, 0) is 42.5 Å². The van der Waals surface area contributed by atoms with E-state index < -0.39 is 0 Å². The van der Waals surface area contributed by atoms with E-state index in [2.05, 4.69) is 20.6 Å². The Hall–Kier alpha value is -4.34. The summed E-state index contributed by atoms with van der Waals surface area (Å²) in [5.41, 5.74) is 1.84. The number of nitrogens with one attached hydrogen (secondary N) is 1. The van der Waals surface area contributed by atoms with Gasteiger partial charge in [0, 0.05) is 17.2 Å². The van der Waals surface area contributed by atoms with Crippen LogP contribution in [0.25, 0.3) is 17.0 Å². The predicted molar refractivity (Wildman–Crippen MR) is 120 cm³/mol. The molecule has 0 unspecified atom stereocenters. The van der Waals surface area contributed by atoms with Gasteiger partial charge in [-0.25, -0.2) is 0 Å². The Morgan fingerprint density at radius 3 is 2.58 bits per heavy atom. The van der Waals surface area contributed by atoms with Crippen molar-refractivity contribution in [1.29, 1.82) is 0 Å². The Morgan fingerprint density at radius 2 is 1.79 bits per heavy atom. The third kappa shape index (κ3) is 4.79. The van der Waals surface area contributed by atoms with E-state index in [-0.39, 0.29) is 12.5 Å². The van der Waals surface area contributed by atoms with Gasteiger partial charge in [0.1, 0.15) is 12.4 Å². The van der Waals surface area contributed by atoms with Gasteiger partial charge in [-0.1, -0.05) is 6.07 Å². The molecule has 10 nitrogen and oxygen atoms in total. The number of ether oxygens (including phenoxy) is 4. The zero-order valence-corrected chi connectivity index (χ0v) is 18.4. The average Bonchev–Trinajstić information content (AvgIpc) is 3.29. The van der Waals surface area contributed by atoms with E-state index in [1.165, 1.54) is 0 Å². The average molecular weight is 449 g/mol. The first kappa shape index (κ1) is 21.9. The van der Waals surface area contributed by atoms with Gasteiger partial charge in [-0.2, -0.15) is 4.52 Å². The minimum Gasteiger partial charge on any atom is -0.497 e. The lowest BCUT2D eigenvalue weighted by Gasteiger charge is -2.09. The summed E-state index contributed by atoms with van der Waals surface area (Å²) in [7, 11) is 4.70. The van der Waals surface area contributed by atoms with Crippen LogP contribution in [-0.4, -0.2) is 60.2 Å². The zero-order chi connectivity index (χ0) is 23.2. The van der Waals surface area contributed by atoms with Crippen LogP contribution < -0.4 is 24.3 Å². The number of carbonyl (C=O) groups excluding carboxylic acids is 1. The van der Waals surface area contributed by atoms with Crippen LogP contribution in [0.4, 0.5) is 0 Å². The number of aromatic nitrogens is 4. The number of rotatable bonds is 9. The molecule has 33 heavy (non-hydrogen) atoms. The number of benzene rings is 2. The highest BCUT2D eigenvalue weighted by atomic mass is 16.5. The van der Waals surface area contributed by atoms with Crippen molar-refractivity contribution < 1.29 is 23.7 Å². The Bertz CT molecular complexity index is 1270. The van der Waals surface area contributed by atoms with Crippen LogP contribution in [0.1, 0.15) is 10.4 Å². The molecule has 1 amide bonds. The minimum atomic E-state index is -0.213. The molecule has 0 aliphatic carbocycles. The molecule has 0 bridgehead atoms. The minimum absolute atomic E-state index is 0.213. The summed E-state index contributed by atoms with van der Waals surface area (Å²) in [4.78, 5) is 12.3. The van der Waals surface area contributed by atoms with Gasteiger partial charge in [0.25, 0.3) is 5.91 Å². The first-order valence-electron chi connectivity index (χ1n) is 10.1. The lowest BCUT2D eigenvalue weighted by Crippen LogP contribution is -2.28. The molecule has 0 aliphatic rings. The maximum Gasteiger partial charge on any atom is 0.251 e. The lowest BCUT2D eigenvalue weighted by molar-refractivity contribution is 0.0946. The summed E-state index contributed by atoms with van der Waals surface area (Å²) in [6.45, 7) is 0.544. The molecule has 2 aromatic heterocycles. The van der Waals surface area contributed by atoms with E-state index >= 15 is 0 Å². The van der Waals surface area contributed by atoms with Crippen LogP contribution in [0, 0.1) is 0 Å². The molecule has 4 aromatic rings. The van der Waals surface area contributed by atoms with Crippen LogP contribution in [-0.2, 0) is 0 Å². The first-order valence-corrected chi connectivity index (χ1v) is 10.1. The molecule has 4 rings (SSSR count). The van der Waals surface area contributed by atoms with E-state index in [1.807, 2.05) is 6.07 Å². The number of carbonyl (C=O) groups is 1. The molecule has 0 radical (unpaired) electrons. The summed E-state index contributed by atoms with van der Waals surface area (Å²) in [5, 5.41) is 15.7. The van der Waals surface area contributed by atoms with E-state index in [4.69, 9.17) is 18.9 Å². The normalized spacial score (nSPS) is 10.6. The number of methoxy groups -OCH3 is 3. The predicted octanol–water partition coefficient (Wildman–Crippen LogP) is 2.63. The number of nitrogens with zero attached hydrogens (tertiary/aromatic N) is 4. The molecule has 0 aliphatic heterocycles. The molecule has 2 heterocycles. The largest absolute Gasteiger partial charge is 0.497 e. The number of fused-ring (bicyclic) bond motifs is 1. The topological polar surface area (TPSA) is 109 Å². The summed E-state index contributed by atoms with van der Waals surface area (Å²) >= 11 is 0. The van der Waals surface area contributed by atoms with Gasteiger partial charge in [-0.15, -0.1) is 15.3 Å². The molecule has 1 N–H and O–H groups in total. The van der Waals surface area contributed by atoms with E-state index in [0.717, 1.165) is 5.56 Å². The van der Waals surface area contributed by atoms with Gasteiger partial charge < -0.3 is 24.3 Å². The van der Waals surface area contributed by atoms with E-state index in [1.54, 1.807) is 74.4 Å². The van der Waals surface area contributed by atoms with Crippen molar-refractivity contribution in [2.75, 3.05) is 34.5 Å². The second-order valence-corrected chi connectivity index (χ2v) is 6.87. The molecule has 10 heteroatoms. The zero-order valence-electron chi connectivity index (χ0n) is 18.4. The van der Waals surface area contributed by atoms with Crippen molar-refractivity contribution in [3.05, 3.63) is 60.2 Å². The molecule has 170 valence electrons. The van der Waals surface area contributed by atoms with Crippen molar-refractivity contribution in [3.63, 3.8) is 0 Å². The van der Waals surface area contributed by atoms with Gasteiger partial charge in [0.05, 0.1) is 27.9 Å². The summed E-state index contributed by atoms with van der Waals surface area (Å²) in [6, 6.07) is 15.8. The lowest BCUT2D eigenvalue weighted by atomic mass is 10.2. The second-order valence-electron chi connectivity index (χ2n) is 6.87. The molecule has 0 atom stereocenters. The quantitative estimate of drug-likeness (QED) is 0.389. The highest BCUT2D eigenvalue weighted by molar-refractivity contribution is 5.94. The van der Waals surface area contributed by atoms with Crippen molar-refractivity contribution in [2.24, 2.45) is 0 Å². The van der Waals surface area contributed by atoms with Gasteiger partial charge >= 0.3 is 0 Å². The number of hydrogen-bond donors (Lipinski definition) is 1. The molecular weight excluding hydrogens is 426 g/mol.